The van der Waals surface area contributed by atoms with Gasteiger partial charge in [0.1, 0.15) is 0 Å². The quantitative estimate of drug-likeness (QED) is 0.752. The number of hydrogen-bond donors (Lipinski definition) is 3. The minimum absolute atomic E-state index is 0.0332. The fourth-order valence-corrected chi connectivity index (χ4v) is 2.05. The molecule has 0 radical (unpaired) electrons. The van der Waals surface area contributed by atoms with E-state index in [1.54, 1.807) is 11.3 Å². The highest BCUT2D eigenvalue weighted by Gasteiger charge is 2.00. The smallest absolute Gasteiger partial charge is 0.0894 e. The van der Waals surface area contributed by atoms with Crippen molar-refractivity contribution in [2.75, 3.05) is 18.4 Å². The summed E-state index contributed by atoms with van der Waals surface area (Å²) >= 11 is 5.02. The van der Waals surface area contributed by atoms with Crippen LogP contribution in [0.15, 0.2) is 15.9 Å². The van der Waals surface area contributed by atoms with Gasteiger partial charge in [-0.25, -0.2) is 0 Å². The van der Waals surface area contributed by atoms with Gasteiger partial charge >= 0.3 is 0 Å². The summed E-state index contributed by atoms with van der Waals surface area (Å²) in [6, 6.07) is 2.05. The molecule has 12 heavy (non-hydrogen) atoms. The van der Waals surface area contributed by atoms with Gasteiger partial charge in [0.05, 0.1) is 5.00 Å². The maximum Gasteiger partial charge on any atom is 0.0894 e. The lowest BCUT2D eigenvalue weighted by molar-refractivity contribution is 0.714. The molecule has 1 aromatic heterocycles. The molecule has 0 aromatic carbocycles. The first kappa shape index (κ1) is 9.98. The number of rotatable bonds is 4. The zero-order chi connectivity index (χ0) is 8.97. The first-order valence-corrected chi connectivity index (χ1v) is 5.33. The van der Waals surface area contributed by atoms with Crippen LogP contribution in [0.1, 0.15) is 0 Å². The summed E-state index contributed by atoms with van der Waals surface area (Å²) < 4.78 is 1.09. The monoisotopic (exact) mass is 249 g/mol. The average molecular weight is 250 g/mol. The molecule has 5 N–H and O–H groups in total. The second kappa shape index (κ2) is 4.81. The minimum atomic E-state index is 0.0332. The van der Waals surface area contributed by atoms with E-state index in [0.717, 1.165) is 16.0 Å². The van der Waals surface area contributed by atoms with Gasteiger partial charge in [-0.3, -0.25) is 0 Å². The Morgan fingerprint density at radius 1 is 1.67 bits per heavy atom. The summed E-state index contributed by atoms with van der Waals surface area (Å²) in [7, 11) is 0. The average Bonchev–Trinajstić information content (AvgIpc) is 2.47. The molecule has 5 heteroatoms. The van der Waals surface area contributed by atoms with Gasteiger partial charge in [-0.05, 0) is 22.0 Å². The Morgan fingerprint density at radius 2 is 2.42 bits per heavy atom. The highest BCUT2D eigenvalue weighted by molar-refractivity contribution is 9.10. The first-order chi connectivity index (χ1) is 5.72. The zero-order valence-electron chi connectivity index (χ0n) is 6.59. The Bertz CT molecular complexity index is 238. The van der Waals surface area contributed by atoms with Gasteiger partial charge in [-0.2, -0.15) is 0 Å². The van der Waals surface area contributed by atoms with E-state index >= 15 is 0 Å². The SMILES string of the molecule is NCC(N)CNc1cc(Br)cs1. The molecule has 0 aliphatic heterocycles. The number of halogens is 1. The van der Waals surface area contributed by atoms with Crippen LogP contribution >= 0.6 is 27.3 Å². The summed E-state index contributed by atoms with van der Waals surface area (Å²) in [5.41, 5.74) is 11.0. The Labute approximate surface area is 84.3 Å². The molecule has 3 nitrogen and oxygen atoms in total. The molecule has 0 bridgehead atoms. The van der Waals surface area contributed by atoms with Gasteiger partial charge < -0.3 is 16.8 Å². The highest BCUT2D eigenvalue weighted by atomic mass is 79.9. The molecule has 0 amide bonds. The Balaban J connectivity index is 2.33. The molecule has 1 aromatic rings. The molecule has 1 rings (SSSR count). The van der Waals surface area contributed by atoms with Gasteiger partial charge in [-0.1, -0.05) is 0 Å². The van der Waals surface area contributed by atoms with Crippen molar-refractivity contribution in [2.45, 2.75) is 6.04 Å². The Kier molecular flexibility index (Phi) is 4.00. The van der Waals surface area contributed by atoms with Crippen LogP contribution in [0.3, 0.4) is 0 Å². The standard InChI is InChI=1S/C7H12BrN3S/c8-5-1-7(12-4-5)11-3-6(10)2-9/h1,4,6,11H,2-3,9-10H2. The lowest BCUT2D eigenvalue weighted by Gasteiger charge is -2.08. The molecule has 0 fully saturated rings. The summed E-state index contributed by atoms with van der Waals surface area (Å²) in [6.07, 6.45) is 0. The molecule has 1 atom stereocenters. The third-order valence-corrected chi connectivity index (χ3v) is 3.06. The largest absolute Gasteiger partial charge is 0.375 e. The van der Waals surface area contributed by atoms with Crippen molar-refractivity contribution >= 4 is 32.3 Å². The van der Waals surface area contributed by atoms with Crippen LogP contribution in [0, 0.1) is 0 Å². The van der Waals surface area contributed by atoms with E-state index in [1.807, 2.05) is 11.4 Å². The molecule has 0 aliphatic rings. The van der Waals surface area contributed by atoms with Crippen molar-refractivity contribution in [2.24, 2.45) is 11.5 Å². The minimum Gasteiger partial charge on any atom is -0.375 e. The molecule has 1 heterocycles. The Hall–Kier alpha value is -0.100. The van der Waals surface area contributed by atoms with Crippen LogP contribution in [0.5, 0.6) is 0 Å². The molecular formula is C7H12BrN3S. The summed E-state index contributed by atoms with van der Waals surface area (Å²) in [4.78, 5) is 0. The molecule has 0 aliphatic carbocycles. The van der Waals surface area contributed by atoms with Crippen molar-refractivity contribution in [3.05, 3.63) is 15.9 Å². The maximum absolute atomic E-state index is 5.63. The predicted molar refractivity (Wildman–Crippen MR) is 57.5 cm³/mol. The van der Waals surface area contributed by atoms with Crippen LogP contribution in [0.4, 0.5) is 5.00 Å². The van der Waals surface area contributed by atoms with E-state index in [2.05, 4.69) is 21.2 Å². The fraction of sp³-hybridized carbons (Fsp3) is 0.429. The van der Waals surface area contributed by atoms with Crippen molar-refractivity contribution in [3.8, 4) is 0 Å². The molecule has 0 saturated heterocycles. The lowest BCUT2D eigenvalue weighted by Crippen LogP contribution is -2.36. The summed E-state index contributed by atoms with van der Waals surface area (Å²) in [5, 5.41) is 6.34. The summed E-state index contributed by atoms with van der Waals surface area (Å²) in [6.45, 7) is 1.24. The van der Waals surface area contributed by atoms with Crippen LogP contribution in [0.25, 0.3) is 0 Å². The van der Waals surface area contributed by atoms with Gasteiger partial charge in [0.15, 0.2) is 0 Å². The van der Waals surface area contributed by atoms with Crippen LogP contribution < -0.4 is 16.8 Å². The van der Waals surface area contributed by atoms with E-state index in [1.165, 1.54) is 0 Å². The third kappa shape index (κ3) is 3.10. The number of anilines is 1. The molecule has 0 spiro atoms. The topological polar surface area (TPSA) is 64.1 Å². The maximum atomic E-state index is 5.63. The van der Waals surface area contributed by atoms with Gasteiger partial charge in [0, 0.05) is 29.0 Å². The van der Waals surface area contributed by atoms with E-state index in [4.69, 9.17) is 11.5 Å². The van der Waals surface area contributed by atoms with Crippen LogP contribution in [-0.2, 0) is 0 Å². The molecule has 1 unspecified atom stereocenters. The fourth-order valence-electron chi connectivity index (χ4n) is 0.721. The predicted octanol–water partition coefficient (Wildman–Crippen LogP) is 1.21. The summed E-state index contributed by atoms with van der Waals surface area (Å²) in [5.74, 6) is 0. The molecule has 68 valence electrons. The number of thiophene rings is 1. The Morgan fingerprint density at radius 3 is 2.92 bits per heavy atom. The first-order valence-electron chi connectivity index (χ1n) is 3.66. The van der Waals surface area contributed by atoms with Crippen LogP contribution in [0.2, 0.25) is 0 Å². The molecule has 0 saturated carbocycles. The van der Waals surface area contributed by atoms with Crippen molar-refractivity contribution < 1.29 is 0 Å². The lowest BCUT2D eigenvalue weighted by atomic mass is 10.3. The second-order valence-corrected chi connectivity index (χ2v) is 4.33. The van der Waals surface area contributed by atoms with E-state index in [0.29, 0.717) is 6.54 Å². The van der Waals surface area contributed by atoms with Crippen LogP contribution in [-0.4, -0.2) is 19.1 Å². The van der Waals surface area contributed by atoms with Crippen molar-refractivity contribution in [1.29, 1.82) is 0 Å². The second-order valence-electron chi connectivity index (χ2n) is 2.51. The number of nitrogens with one attached hydrogen (secondary N) is 1. The van der Waals surface area contributed by atoms with E-state index in [-0.39, 0.29) is 6.04 Å². The zero-order valence-corrected chi connectivity index (χ0v) is 8.99. The third-order valence-electron chi connectivity index (χ3n) is 1.41. The molecular weight excluding hydrogens is 238 g/mol. The van der Waals surface area contributed by atoms with E-state index in [9.17, 15) is 0 Å². The normalized spacial score (nSPS) is 12.9. The van der Waals surface area contributed by atoms with Gasteiger partial charge in [0.2, 0.25) is 0 Å². The highest BCUT2D eigenvalue weighted by Crippen LogP contribution is 2.23. The number of hydrogen-bond acceptors (Lipinski definition) is 4. The number of nitrogens with two attached hydrogens (primary N) is 2. The van der Waals surface area contributed by atoms with E-state index < -0.39 is 0 Å². The van der Waals surface area contributed by atoms with Gasteiger partial charge in [-0.15, -0.1) is 11.3 Å². The van der Waals surface area contributed by atoms with Crippen molar-refractivity contribution in [1.82, 2.24) is 0 Å². The van der Waals surface area contributed by atoms with Gasteiger partial charge in [0.25, 0.3) is 0 Å². The van der Waals surface area contributed by atoms with Crippen molar-refractivity contribution in [3.63, 3.8) is 0 Å².